The second-order valence-electron chi connectivity index (χ2n) is 47.3. The first-order valence-electron chi connectivity index (χ1n) is 45.6. The van der Waals surface area contributed by atoms with Gasteiger partial charge in [0.2, 0.25) is 0 Å². The van der Waals surface area contributed by atoms with Crippen molar-refractivity contribution < 1.29 is 20.4 Å². The highest BCUT2D eigenvalue weighted by Crippen LogP contribution is 2.46. The first kappa shape index (κ1) is 96.8. The van der Waals surface area contributed by atoms with Crippen molar-refractivity contribution in [2.45, 2.75) is 342 Å². The molecule has 10 aromatic carbocycles. The second kappa shape index (κ2) is 37.8. The Kier molecular flexibility index (Phi) is 30.0. The van der Waals surface area contributed by atoms with Gasteiger partial charge in [-0.05, 0) is 313 Å². The van der Waals surface area contributed by atoms with Crippen LogP contribution >= 0.6 is 0 Å². The van der Waals surface area contributed by atoms with Gasteiger partial charge in [0.15, 0.2) is 0 Å². The van der Waals surface area contributed by atoms with Gasteiger partial charge in [-0.1, -0.05) is 343 Å². The predicted octanol–water partition coefficient (Wildman–Crippen LogP) is 30.6. The number of hydrogen-bond acceptors (Lipinski definition) is 6. The largest absolute Gasteiger partial charge is 0.507 e. The summed E-state index contributed by atoms with van der Waals surface area (Å²) in [4.78, 5) is 4.91. The lowest BCUT2D eigenvalue weighted by molar-refractivity contribution is 0.306. The van der Waals surface area contributed by atoms with Crippen LogP contribution in [0.25, 0.3) is 0 Å². The maximum Gasteiger partial charge on any atom is 0.123 e. The summed E-state index contributed by atoms with van der Waals surface area (Å²) in [7, 11) is 0. The molecule has 0 aromatic heterocycles. The molecular formula is C116H158N2O4. The highest BCUT2D eigenvalue weighted by Gasteiger charge is 2.33. The Morgan fingerprint density at radius 1 is 0.205 bits per heavy atom. The number of aromatic hydroxyl groups is 4. The van der Waals surface area contributed by atoms with E-state index >= 15 is 0 Å². The van der Waals surface area contributed by atoms with Crippen molar-refractivity contribution in [3.63, 3.8) is 0 Å². The lowest BCUT2D eigenvalue weighted by Gasteiger charge is -2.32. The first-order chi connectivity index (χ1) is 56.1. The Morgan fingerprint density at radius 2 is 0.344 bits per heavy atom. The molecule has 0 aliphatic rings. The first-order valence-corrected chi connectivity index (χ1v) is 45.6. The number of hydrogen-bond donors (Lipinski definition) is 4. The van der Waals surface area contributed by atoms with Crippen LogP contribution in [0.5, 0.6) is 23.0 Å². The van der Waals surface area contributed by atoms with Gasteiger partial charge < -0.3 is 30.2 Å². The number of phenols is 4. The lowest BCUT2D eigenvalue weighted by Crippen LogP contribution is -2.25. The van der Waals surface area contributed by atoms with E-state index in [1.165, 1.54) is 90.7 Å². The maximum absolute atomic E-state index is 11.6. The highest BCUT2D eigenvalue weighted by molar-refractivity contribution is 5.59. The zero-order chi connectivity index (χ0) is 90.6. The van der Waals surface area contributed by atoms with E-state index in [4.69, 9.17) is 0 Å². The normalized spacial score (nSPS) is 13.4. The zero-order valence-corrected chi connectivity index (χ0v) is 81.8. The molecule has 0 fully saturated rings. The van der Waals surface area contributed by atoms with Gasteiger partial charge in [-0.3, -0.25) is 0 Å². The minimum Gasteiger partial charge on any atom is -0.507 e. The van der Waals surface area contributed by atoms with E-state index in [-0.39, 0.29) is 43.3 Å². The van der Waals surface area contributed by atoms with Gasteiger partial charge in [0.1, 0.15) is 23.0 Å². The molecule has 10 rings (SSSR count). The standard InChI is InChI=1S/C65H85NO2.C51H73NO2/c1-44(41-61(2,3)4)33-45-17-19-46(20-18-45)34-47-21-23-48(24-22-47)35-49-25-27-50(28-26-49)36-51-29-31-54(32-30-51)66(42-52-37-55(62(5,6)7)59(67)56(38-52)63(8,9)10)43-53-39-57(64(11,12)13)60(68)58(40-53)65(14,15)16;1-34(31-47(2,3)4)25-35-17-19-36(20-18-35)26-37-21-23-40(24-22-37)52(32-38-27-41(48(5,6)7)45(53)42(28-38)49(8,9)10)33-39-29-43(50(11,12)13)46(54)44(30-39)51(14,15)16/h17-32,37-40,44,67-68H,33-36,41-43H2,1-16H3;17-24,27-30,34,53-54H,25-26,31-33H2,1-16H3. The molecule has 0 aliphatic heterocycles. The molecule has 2 unspecified atom stereocenters. The zero-order valence-electron chi connectivity index (χ0n) is 81.8. The van der Waals surface area contributed by atoms with Gasteiger partial charge in [0.25, 0.3) is 0 Å². The number of rotatable bonds is 24. The highest BCUT2D eigenvalue weighted by atomic mass is 16.3. The summed E-state index contributed by atoms with van der Waals surface area (Å²) >= 11 is 0. The van der Waals surface area contributed by atoms with Crippen molar-refractivity contribution in [3.05, 3.63) is 317 Å². The van der Waals surface area contributed by atoms with E-state index in [0.717, 1.165) is 94.4 Å². The fraction of sp³-hybridized carbons (Fsp3) is 0.483. The van der Waals surface area contributed by atoms with Gasteiger partial charge in [0, 0.05) is 37.6 Å². The second-order valence-corrected chi connectivity index (χ2v) is 47.3. The minimum atomic E-state index is -0.227. The van der Waals surface area contributed by atoms with Gasteiger partial charge >= 0.3 is 0 Å². The topological polar surface area (TPSA) is 87.4 Å². The summed E-state index contributed by atoms with van der Waals surface area (Å²) in [5.74, 6) is 2.97. The molecule has 0 radical (unpaired) electrons. The molecule has 2 atom stereocenters. The Labute approximate surface area is 741 Å². The van der Waals surface area contributed by atoms with Crippen molar-refractivity contribution in [1.82, 2.24) is 0 Å². The van der Waals surface area contributed by atoms with Crippen LogP contribution in [0.3, 0.4) is 0 Å². The number of nitrogens with zero attached hydrogens (tertiary/aromatic N) is 2. The average molecular weight is 1640 g/mol. The third-order valence-corrected chi connectivity index (χ3v) is 24.1. The van der Waals surface area contributed by atoms with Crippen LogP contribution in [0.2, 0.25) is 0 Å². The Balaban J connectivity index is 0.000000285. The summed E-state index contributed by atoms with van der Waals surface area (Å²) < 4.78 is 0. The van der Waals surface area contributed by atoms with Gasteiger partial charge in [-0.25, -0.2) is 0 Å². The molecule has 0 amide bonds. The molecule has 0 saturated heterocycles. The predicted molar refractivity (Wildman–Crippen MR) is 526 cm³/mol. The number of anilines is 2. The SMILES string of the molecule is CC(Cc1ccc(Cc2ccc(Cc3ccc(Cc4ccc(N(Cc5cc(C(C)(C)C)c(O)c(C(C)(C)C)c5)Cc5cc(C(C)(C)C)c(O)c(C(C)(C)C)c5)cc4)cc3)cc2)cc1)CC(C)(C)C.CC(Cc1ccc(Cc2ccc(N(Cc3cc(C(C)(C)C)c(O)c(C(C)(C)C)c3)Cc3cc(C(C)(C)C)c(O)c(C(C)(C)C)c3)cc2)cc1)CC(C)(C)C. The molecule has 4 N–H and O–H groups in total. The molecule has 0 spiro atoms. The lowest BCUT2D eigenvalue weighted by atomic mass is 9.78. The summed E-state index contributed by atoms with van der Waals surface area (Å²) in [6.07, 6.45) is 8.34. The van der Waals surface area contributed by atoms with Crippen LogP contribution in [-0.4, -0.2) is 20.4 Å². The molecular weight excluding hydrogens is 1490 g/mol. The van der Waals surface area contributed by atoms with Crippen molar-refractivity contribution in [3.8, 4) is 23.0 Å². The Bertz CT molecular complexity index is 4790. The molecule has 0 aliphatic carbocycles. The molecule has 10 aromatic rings. The van der Waals surface area contributed by atoms with Crippen molar-refractivity contribution in [1.29, 1.82) is 0 Å². The van der Waals surface area contributed by atoms with Gasteiger partial charge in [0.05, 0.1) is 0 Å². The molecule has 6 heteroatoms. The van der Waals surface area contributed by atoms with Crippen molar-refractivity contribution in [2.75, 3.05) is 9.80 Å². The molecule has 0 heterocycles. The number of benzene rings is 10. The van der Waals surface area contributed by atoms with E-state index in [0.29, 0.717) is 71.8 Å². The molecule has 0 saturated carbocycles. The van der Waals surface area contributed by atoms with E-state index in [1.54, 1.807) is 0 Å². The van der Waals surface area contributed by atoms with E-state index in [1.807, 2.05) is 0 Å². The summed E-state index contributed by atoms with van der Waals surface area (Å²) in [6.45, 7) is 73.6. The van der Waals surface area contributed by atoms with Crippen molar-refractivity contribution in [2.24, 2.45) is 22.7 Å². The Morgan fingerprint density at radius 3 is 0.484 bits per heavy atom. The van der Waals surface area contributed by atoms with E-state index in [9.17, 15) is 20.4 Å². The third kappa shape index (κ3) is 27.5. The molecule has 0 bridgehead atoms. The van der Waals surface area contributed by atoms with E-state index < -0.39 is 0 Å². The average Bonchev–Trinajstić information content (AvgIpc) is 0.788. The maximum atomic E-state index is 11.6. The summed E-state index contributed by atoms with van der Waals surface area (Å²) in [6, 6.07) is 72.6. The third-order valence-electron chi connectivity index (χ3n) is 24.1. The van der Waals surface area contributed by atoms with Crippen LogP contribution in [0.15, 0.2) is 194 Å². The summed E-state index contributed by atoms with van der Waals surface area (Å²) in [5, 5.41) is 46.2. The summed E-state index contributed by atoms with van der Waals surface area (Å²) in [5.41, 5.74) is 27.1. The quantitative estimate of drug-likeness (QED) is 0.0482. The van der Waals surface area contributed by atoms with Crippen LogP contribution in [0, 0.1) is 22.7 Å². The van der Waals surface area contributed by atoms with E-state index in [2.05, 4.69) is 425 Å². The molecule has 122 heavy (non-hydrogen) atoms. The smallest absolute Gasteiger partial charge is 0.123 e. The fourth-order valence-electron chi connectivity index (χ4n) is 17.8. The molecule has 6 nitrogen and oxygen atoms in total. The fourth-order valence-corrected chi connectivity index (χ4v) is 17.8. The van der Waals surface area contributed by atoms with Crippen LogP contribution in [-0.2, 0) is 108 Å². The monoisotopic (exact) mass is 1640 g/mol. The number of phenolic OH excluding ortho intramolecular Hbond substituents is 4. The van der Waals surface area contributed by atoms with Crippen LogP contribution < -0.4 is 9.80 Å². The minimum absolute atomic E-state index is 0.213. The Hall–Kier alpha value is -9.00. The molecule has 656 valence electrons. The van der Waals surface area contributed by atoms with Gasteiger partial charge in [-0.15, -0.1) is 0 Å². The van der Waals surface area contributed by atoms with Crippen molar-refractivity contribution >= 4 is 11.4 Å². The van der Waals surface area contributed by atoms with Crippen LogP contribution in [0.1, 0.15) is 357 Å². The van der Waals surface area contributed by atoms with Gasteiger partial charge in [-0.2, -0.15) is 0 Å². The van der Waals surface area contributed by atoms with Crippen LogP contribution in [0.4, 0.5) is 11.4 Å².